The highest BCUT2D eigenvalue weighted by Crippen LogP contribution is 2.17. The average Bonchev–Trinajstić information content (AvgIpc) is 2.19. The minimum atomic E-state index is -0.492. The third kappa shape index (κ3) is 2.93. The Labute approximate surface area is 91.8 Å². The number of rotatable bonds is 4. The van der Waals surface area contributed by atoms with Crippen LogP contribution in [-0.4, -0.2) is 22.7 Å². The third-order valence-corrected chi connectivity index (χ3v) is 2.49. The number of pyridine rings is 1. The van der Waals surface area contributed by atoms with Gasteiger partial charge < -0.3 is 10.0 Å². The normalized spacial score (nSPS) is 12.9. The van der Waals surface area contributed by atoms with Crippen LogP contribution >= 0.6 is 0 Å². The minimum Gasteiger partial charge on any atom is -0.387 e. The SMILES string of the molecule is CCN(c1ccc([C@@H](C)O)nc1)C(C)C. The average molecular weight is 208 g/mol. The van der Waals surface area contributed by atoms with E-state index in [1.165, 1.54) is 0 Å². The maximum atomic E-state index is 9.34. The fraction of sp³-hybridized carbons (Fsp3) is 0.583. The summed E-state index contributed by atoms with van der Waals surface area (Å²) in [5.74, 6) is 0. The van der Waals surface area contributed by atoms with E-state index in [9.17, 15) is 5.11 Å². The Morgan fingerprint density at radius 2 is 2.00 bits per heavy atom. The molecule has 0 fully saturated rings. The lowest BCUT2D eigenvalue weighted by Crippen LogP contribution is -2.30. The molecule has 15 heavy (non-hydrogen) atoms. The minimum absolute atomic E-state index is 0.467. The predicted octanol–water partition coefficient (Wildman–Crippen LogP) is 2.37. The number of aliphatic hydroxyl groups is 1. The summed E-state index contributed by atoms with van der Waals surface area (Å²) >= 11 is 0. The summed E-state index contributed by atoms with van der Waals surface area (Å²) in [4.78, 5) is 6.50. The van der Waals surface area contributed by atoms with Crippen molar-refractivity contribution in [1.29, 1.82) is 0 Å². The molecule has 0 aliphatic rings. The van der Waals surface area contributed by atoms with Gasteiger partial charge in [0.15, 0.2) is 0 Å². The monoisotopic (exact) mass is 208 g/mol. The van der Waals surface area contributed by atoms with E-state index < -0.39 is 6.10 Å². The lowest BCUT2D eigenvalue weighted by atomic mass is 10.2. The van der Waals surface area contributed by atoms with Crippen molar-refractivity contribution >= 4 is 5.69 Å². The second-order valence-electron chi connectivity index (χ2n) is 4.00. The second kappa shape index (κ2) is 5.12. The Kier molecular flexibility index (Phi) is 4.09. The quantitative estimate of drug-likeness (QED) is 0.825. The fourth-order valence-electron chi connectivity index (χ4n) is 1.66. The van der Waals surface area contributed by atoms with Gasteiger partial charge in [-0.25, -0.2) is 0 Å². The Bertz CT molecular complexity index is 293. The lowest BCUT2D eigenvalue weighted by molar-refractivity contribution is 0.194. The zero-order valence-corrected chi connectivity index (χ0v) is 9.94. The standard InChI is InChI=1S/C12H20N2O/c1-5-14(9(2)3)11-6-7-12(10(4)15)13-8-11/h6-10,15H,5H2,1-4H3/t10-/m1/s1. The van der Waals surface area contributed by atoms with Crippen molar-refractivity contribution in [3.8, 4) is 0 Å². The molecule has 0 saturated carbocycles. The molecule has 0 bridgehead atoms. The summed E-state index contributed by atoms with van der Waals surface area (Å²) in [6, 6.07) is 4.36. The van der Waals surface area contributed by atoms with Gasteiger partial charge in [-0.1, -0.05) is 0 Å². The molecule has 3 nitrogen and oxygen atoms in total. The number of hydrogen-bond donors (Lipinski definition) is 1. The van der Waals surface area contributed by atoms with Gasteiger partial charge in [0.2, 0.25) is 0 Å². The molecule has 1 atom stereocenters. The smallest absolute Gasteiger partial charge is 0.0931 e. The molecular formula is C12H20N2O. The molecular weight excluding hydrogens is 188 g/mol. The first-order valence-corrected chi connectivity index (χ1v) is 5.47. The van der Waals surface area contributed by atoms with Crippen LogP contribution in [0, 0.1) is 0 Å². The third-order valence-electron chi connectivity index (χ3n) is 2.49. The van der Waals surface area contributed by atoms with E-state index in [0.717, 1.165) is 17.9 Å². The van der Waals surface area contributed by atoms with Crippen LogP contribution in [-0.2, 0) is 0 Å². The number of anilines is 1. The summed E-state index contributed by atoms with van der Waals surface area (Å²) < 4.78 is 0. The first kappa shape index (κ1) is 12.0. The van der Waals surface area contributed by atoms with Crippen molar-refractivity contribution in [2.45, 2.75) is 39.8 Å². The topological polar surface area (TPSA) is 36.4 Å². The van der Waals surface area contributed by atoms with Gasteiger partial charge in [0, 0.05) is 12.6 Å². The molecule has 1 heterocycles. The molecule has 1 rings (SSSR count). The Hall–Kier alpha value is -1.09. The number of hydrogen-bond acceptors (Lipinski definition) is 3. The number of nitrogens with zero attached hydrogens (tertiary/aromatic N) is 2. The zero-order valence-electron chi connectivity index (χ0n) is 9.94. The van der Waals surface area contributed by atoms with E-state index in [2.05, 4.69) is 30.7 Å². The van der Waals surface area contributed by atoms with Gasteiger partial charge in [-0.3, -0.25) is 4.98 Å². The molecule has 0 aliphatic heterocycles. The molecule has 0 unspecified atom stereocenters. The maximum absolute atomic E-state index is 9.34. The first-order chi connectivity index (χ1) is 7.06. The van der Waals surface area contributed by atoms with Crippen molar-refractivity contribution < 1.29 is 5.11 Å². The molecule has 84 valence electrons. The van der Waals surface area contributed by atoms with E-state index in [4.69, 9.17) is 0 Å². The largest absolute Gasteiger partial charge is 0.387 e. The molecule has 0 amide bonds. The summed E-state index contributed by atoms with van der Waals surface area (Å²) in [6.07, 6.45) is 1.33. The predicted molar refractivity (Wildman–Crippen MR) is 63.0 cm³/mol. The summed E-state index contributed by atoms with van der Waals surface area (Å²) in [5, 5.41) is 9.34. The number of aromatic nitrogens is 1. The van der Waals surface area contributed by atoms with Crippen LogP contribution in [0.25, 0.3) is 0 Å². The van der Waals surface area contributed by atoms with Crippen LogP contribution in [0.3, 0.4) is 0 Å². The summed E-state index contributed by atoms with van der Waals surface area (Å²) in [6.45, 7) is 9.14. The lowest BCUT2D eigenvalue weighted by Gasteiger charge is -2.27. The van der Waals surface area contributed by atoms with Gasteiger partial charge in [0.25, 0.3) is 0 Å². The number of aliphatic hydroxyl groups excluding tert-OH is 1. The van der Waals surface area contributed by atoms with E-state index in [-0.39, 0.29) is 0 Å². The Morgan fingerprint density at radius 3 is 2.33 bits per heavy atom. The molecule has 0 aromatic carbocycles. The Balaban J connectivity index is 2.87. The van der Waals surface area contributed by atoms with Gasteiger partial charge >= 0.3 is 0 Å². The van der Waals surface area contributed by atoms with E-state index in [1.807, 2.05) is 18.3 Å². The summed E-state index contributed by atoms with van der Waals surface area (Å²) in [5.41, 5.74) is 1.83. The second-order valence-corrected chi connectivity index (χ2v) is 4.00. The molecule has 1 aromatic rings. The zero-order chi connectivity index (χ0) is 11.4. The summed E-state index contributed by atoms with van der Waals surface area (Å²) in [7, 11) is 0. The maximum Gasteiger partial charge on any atom is 0.0931 e. The van der Waals surface area contributed by atoms with Crippen molar-refractivity contribution in [3.05, 3.63) is 24.0 Å². The van der Waals surface area contributed by atoms with Crippen molar-refractivity contribution in [1.82, 2.24) is 4.98 Å². The van der Waals surface area contributed by atoms with Crippen LogP contribution in [0.2, 0.25) is 0 Å². The van der Waals surface area contributed by atoms with Crippen LogP contribution in [0.5, 0.6) is 0 Å². The first-order valence-electron chi connectivity index (χ1n) is 5.47. The molecule has 0 aliphatic carbocycles. The van der Waals surface area contributed by atoms with E-state index in [1.54, 1.807) is 6.92 Å². The van der Waals surface area contributed by atoms with Crippen molar-refractivity contribution in [2.24, 2.45) is 0 Å². The molecule has 0 spiro atoms. The molecule has 1 aromatic heterocycles. The van der Waals surface area contributed by atoms with Crippen molar-refractivity contribution in [2.75, 3.05) is 11.4 Å². The molecule has 0 radical (unpaired) electrons. The van der Waals surface area contributed by atoms with Gasteiger partial charge in [0.1, 0.15) is 0 Å². The van der Waals surface area contributed by atoms with E-state index in [0.29, 0.717) is 6.04 Å². The molecule has 0 saturated heterocycles. The van der Waals surface area contributed by atoms with Crippen molar-refractivity contribution in [3.63, 3.8) is 0 Å². The van der Waals surface area contributed by atoms with E-state index >= 15 is 0 Å². The highest BCUT2D eigenvalue weighted by Gasteiger charge is 2.09. The fourth-order valence-corrected chi connectivity index (χ4v) is 1.66. The highest BCUT2D eigenvalue weighted by atomic mass is 16.3. The Morgan fingerprint density at radius 1 is 1.33 bits per heavy atom. The highest BCUT2D eigenvalue weighted by molar-refractivity contribution is 5.45. The van der Waals surface area contributed by atoms with Gasteiger partial charge in [-0.2, -0.15) is 0 Å². The van der Waals surface area contributed by atoms with Crippen LogP contribution < -0.4 is 4.90 Å². The molecule has 1 N–H and O–H groups in total. The molecule has 3 heteroatoms. The van der Waals surface area contributed by atoms with Crippen LogP contribution in [0.1, 0.15) is 39.5 Å². The van der Waals surface area contributed by atoms with Gasteiger partial charge in [0.05, 0.1) is 23.7 Å². The van der Waals surface area contributed by atoms with Crippen LogP contribution in [0.4, 0.5) is 5.69 Å². The van der Waals surface area contributed by atoms with Gasteiger partial charge in [-0.15, -0.1) is 0 Å². The van der Waals surface area contributed by atoms with Gasteiger partial charge in [-0.05, 0) is 39.8 Å². The van der Waals surface area contributed by atoms with Crippen LogP contribution in [0.15, 0.2) is 18.3 Å².